The molecule has 2 rings (SSSR count). The fraction of sp³-hybridized carbons (Fsp3) is 0.286. The average Bonchev–Trinajstić information content (AvgIpc) is 2.38. The lowest BCUT2D eigenvalue weighted by Gasteiger charge is -2.15. The van der Waals surface area contributed by atoms with Gasteiger partial charge in [-0.25, -0.2) is 9.97 Å². The molecule has 0 radical (unpaired) electrons. The van der Waals surface area contributed by atoms with Crippen LogP contribution in [0.1, 0.15) is 17.0 Å². The van der Waals surface area contributed by atoms with E-state index in [1.165, 1.54) is 0 Å². The van der Waals surface area contributed by atoms with E-state index >= 15 is 0 Å². The highest BCUT2D eigenvalue weighted by molar-refractivity contribution is 9.10. The zero-order valence-corrected chi connectivity index (χ0v) is 13.0. The van der Waals surface area contributed by atoms with Crippen LogP contribution >= 0.6 is 15.9 Å². The van der Waals surface area contributed by atoms with Gasteiger partial charge in [0.2, 0.25) is 0 Å². The van der Waals surface area contributed by atoms with Crippen molar-refractivity contribution in [3.8, 4) is 5.75 Å². The van der Waals surface area contributed by atoms with Crippen molar-refractivity contribution in [2.75, 3.05) is 12.4 Å². The Kier molecular flexibility index (Phi) is 4.04. The van der Waals surface area contributed by atoms with Crippen molar-refractivity contribution in [2.45, 2.75) is 20.8 Å². The number of anilines is 2. The summed E-state index contributed by atoms with van der Waals surface area (Å²) in [5, 5.41) is 3.35. The maximum atomic E-state index is 5.35. The van der Waals surface area contributed by atoms with E-state index in [1.54, 1.807) is 13.3 Å². The second kappa shape index (κ2) is 5.57. The molecule has 0 saturated heterocycles. The molecule has 5 heteroatoms. The molecule has 0 unspecified atom stereocenters. The first kappa shape index (κ1) is 13.8. The molecule has 0 fully saturated rings. The van der Waals surface area contributed by atoms with Crippen LogP contribution in [0.3, 0.4) is 0 Å². The topological polar surface area (TPSA) is 47.0 Å². The Balaban J connectivity index is 2.46. The highest BCUT2D eigenvalue weighted by Crippen LogP contribution is 2.32. The van der Waals surface area contributed by atoms with E-state index in [2.05, 4.69) is 38.1 Å². The van der Waals surface area contributed by atoms with Crippen LogP contribution in [0.2, 0.25) is 0 Å². The molecule has 4 nitrogen and oxygen atoms in total. The third-order valence-corrected chi connectivity index (χ3v) is 3.53. The van der Waals surface area contributed by atoms with Gasteiger partial charge in [-0.15, -0.1) is 0 Å². The Morgan fingerprint density at radius 2 is 1.95 bits per heavy atom. The largest absolute Gasteiger partial charge is 0.496 e. The fourth-order valence-corrected chi connectivity index (χ4v) is 2.19. The molecule has 1 heterocycles. The van der Waals surface area contributed by atoms with E-state index in [9.17, 15) is 0 Å². The SMILES string of the molecule is COc1ccc(C)c(Nc2nc(C)ncc2Br)c1C. The third-order valence-electron chi connectivity index (χ3n) is 2.95. The maximum Gasteiger partial charge on any atom is 0.148 e. The summed E-state index contributed by atoms with van der Waals surface area (Å²) in [4.78, 5) is 8.53. The second-order valence-corrected chi connectivity index (χ2v) is 5.18. The number of halogens is 1. The van der Waals surface area contributed by atoms with Gasteiger partial charge in [0, 0.05) is 17.4 Å². The summed E-state index contributed by atoms with van der Waals surface area (Å²) >= 11 is 3.45. The summed E-state index contributed by atoms with van der Waals surface area (Å²) < 4.78 is 6.18. The Hall–Kier alpha value is -1.62. The second-order valence-electron chi connectivity index (χ2n) is 4.32. The first-order valence-electron chi connectivity index (χ1n) is 5.93. The molecule has 1 aromatic heterocycles. The van der Waals surface area contributed by atoms with Crippen LogP contribution < -0.4 is 10.1 Å². The molecular weight excluding hydrogens is 306 g/mol. The normalized spacial score (nSPS) is 10.4. The minimum Gasteiger partial charge on any atom is -0.496 e. The number of hydrogen-bond acceptors (Lipinski definition) is 4. The van der Waals surface area contributed by atoms with Gasteiger partial charge >= 0.3 is 0 Å². The molecule has 0 saturated carbocycles. The molecule has 2 aromatic rings. The molecule has 1 N–H and O–H groups in total. The Bertz CT molecular complexity index is 614. The van der Waals surface area contributed by atoms with Gasteiger partial charge in [-0.2, -0.15) is 0 Å². The highest BCUT2D eigenvalue weighted by Gasteiger charge is 2.11. The van der Waals surface area contributed by atoms with Gasteiger partial charge in [-0.3, -0.25) is 0 Å². The summed E-state index contributed by atoms with van der Waals surface area (Å²) in [5.41, 5.74) is 3.21. The van der Waals surface area contributed by atoms with Crippen LogP contribution in [0, 0.1) is 20.8 Å². The lowest BCUT2D eigenvalue weighted by molar-refractivity contribution is 0.412. The molecule has 0 bridgehead atoms. The summed E-state index contributed by atoms with van der Waals surface area (Å²) in [6, 6.07) is 3.99. The molecule has 0 aliphatic rings. The molecule has 100 valence electrons. The van der Waals surface area contributed by atoms with Crippen LogP contribution in [-0.2, 0) is 0 Å². The van der Waals surface area contributed by atoms with Gasteiger partial charge < -0.3 is 10.1 Å². The smallest absolute Gasteiger partial charge is 0.148 e. The third kappa shape index (κ3) is 2.87. The zero-order valence-electron chi connectivity index (χ0n) is 11.4. The number of methoxy groups -OCH3 is 1. The van der Waals surface area contributed by atoms with E-state index < -0.39 is 0 Å². The minimum absolute atomic E-state index is 0.726. The number of benzene rings is 1. The van der Waals surface area contributed by atoms with Gasteiger partial charge in [-0.05, 0) is 48.3 Å². The van der Waals surface area contributed by atoms with E-state index in [1.807, 2.05) is 26.0 Å². The van der Waals surface area contributed by atoms with Crippen molar-refractivity contribution in [1.29, 1.82) is 0 Å². The molecule has 19 heavy (non-hydrogen) atoms. The van der Waals surface area contributed by atoms with Gasteiger partial charge in [0.25, 0.3) is 0 Å². The molecular formula is C14H16BrN3O. The Morgan fingerprint density at radius 1 is 1.21 bits per heavy atom. The Morgan fingerprint density at radius 3 is 2.63 bits per heavy atom. The lowest BCUT2D eigenvalue weighted by atomic mass is 10.1. The van der Waals surface area contributed by atoms with Crippen LogP contribution in [0.5, 0.6) is 5.75 Å². The molecule has 1 aromatic carbocycles. The molecule has 0 spiro atoms. The fourth-order valence-electron chi connectivity index (χ4n) is 1.90. The van der Waals surface area contributed by atoms with Crippen LogP contribution in [0.4, 0.5) is 11.5 Å². The standard InChI is InChI=1S/C14H16BrN3O/c1-8-5-6-12(19-4)9(2)13(8)18-14-11(15)7-16-10(3)17-14/h5-7H,1-4H3,(H,16,17,18). The summed E-state index contributed by atoms with van der Waals surface area (Å²) in [6.07, 6.45) is 1.75. The van der Waals surface area contributed by atoms with Gasteiger partial charge in [0.05, 0.1) is 11.6 Å². The number of aryl methyl sites for hydroxylation is 2. The number of nitrogens with zero attached hydrogens (tertiary/aromatic N) is 2. The van der Waals surface area contributed by atoms with Crippen molar-refractivity contribution in [1.82, 2.24) is 9.97 Å². The van der Waals surface area contributed by atoms with E-state index in [0.717, 1.165) is 38.7 Å². The van der Waals surface area contributed by atoms with Crippen molar-refractivity contribution < 1.29 is 4.74 Å². The molecule has 0 atom stereocenters. The van der Waals surface area contributed by atoms with Crippen LogP contribution in [-0.4, -0.2) is 17.1 Å². The van der Waals surface area contributed by atoms with Gasteiger partial charge in [-0.1, -0.05) is 6.07 Å². The summed E-state index contributed by atoms with van der Waals surface area (Å²) in [6.45, 7) is 5.94. The average molecular weight is 322 g/mol. The predicted octanol–water partition coefficient (Wildman–Crippen LogP) is 3.92. The monoisotopic (exact) mass is 321 g/mol. The van der Waals surface area contributed by atoms with Crippen molar-refractivity contribution in [3.05, 3.63) is 39.8 Å². The number of ether oxygens (including phenoxy) is 1. The predicted molar refractivity (Wildman–Crippen MR) is 80.2 cm³/mol. The van der Waals surface area contributed by atoms with E-state index in [0.29, 0.717) is 0 Å². The first-order chi connectivity index (χ1) is 9.02. The summed E-state index contributed by atoms with van der Waals surface area (Å²) in [5.74, 6) is 2.34. The van der Waals surface area contributed by atoms with Crippen molar-refractivity contribution in [2.24, 2.45) is 0 Å². The Labute approximate surface area is 121 Å². The zero-order chi connectivity index (χ0) is 14.0. The number of aromatic nitrogens is 2. The summed E-state index contributed by atoms with van der Waals surface area (Å²) in [7, 11) is 1.67. The molecule has 0 aliphatic heterocycles. The molecule has 0 amide bonds. The lowest BCUT2D eigenvalue weighted by Crippen LogP contribution is -2.02. The van der Waals surface area contributed by atoms with E-state index in [4.69, 9.17) is 4.74 Å². The van der Waals surface area contributed by atoms with Gasteiger partial charge in [0.15, 0.2) is 0 Å². The van der Waals surface area contributed by atoms with Crippen molar-refractivity contribution in [3.63, 3.8) is 0 Å². The number of hydrogen-bond donors (Lipinski definition) is 1. The highest BCUT2D eigenvalue weighted by atomic mass is 79.9. The maximum absolute atomic E-state index is 5.35. The van der Waals surface area contributed by atoms with Crippen LogP contribution in [0.15, 0.2) is 22.8 Å². The van der Waals surface area contributed by atoms with Gasteiger partial charge in [0.1, 0.15) is 17.4 Å². The van der Waals surface area contributed by atoms with Crippen LogP contribution in [0.25, 0.3) is 0 Å². The number of rotatable bonds is 3. The molecule has 0 aliphatic carbocycles. The van der Waals surface area contributed by atoms with Crippen molar-refractivity contribution >= 4 is 27.4 Å². The first-order valence-corrected chi connectivity index (χ1v) is 6.72. The quantitative estimate of drug-likeness (QED) is 0.930. The minimum atomic E-state index is 0.726. The van der Waals surface area contributed by atoms with E-state index in [-0.39, 0.29) is 0 Å². The number of nitrogens with one attached hydrogen (secondary N) is 1.